The molecule has 1 amide bonds. The summed E-state index contributed by atoms with van der Waals surface area (Å²) in [5.74, 6) is -0.506. The second-order valence-electron chi connectivity index (χ2n) is 8.47. The minimum Gasteiger partial charge on any atom is -0.352 e. The molecule has 2 N–H and O–H groups in total. The van der Waals surface area contributed by atoms with Crippen molar-refractivity contribution < 1.29 is 9.59 Å². The minimum atomic E-state index is -0.468. The van der Waals surface area contributed by atoms with Gasteiger partial charge < -0.3 is 10.3 Å². The van der Waals surface area contributed by atoms with Gasteiger partial charge in [0.15, 0.2) is 5.78 Å². The third kappa shape index (κ3) is 4.10. The zero-order valence-corrected chi connectivity index (χ0v) is 17.1. The van der Waals surface area contributed by atoms with Crippen LogP contribution in [0.15, 0.2) is 53.6 Å². The fourth-order valence-electron chi connectivity index (χ4n) is 3.85. The number of aromatic nitrogens is 3. The summed E-state index contributed by atoms with van der Waals surface area (Å²) in [5, 5.41) is 6.97. The van der Waals surface area contributed by atoms with Crippen LogP contribution in [0.25, 0.3) is 5.69 Å². The van der Waals surface area contributed by atoms with Crippen LogP contribution in [0.4, 0.5) is 0 Å². The van der Waals surface area contributed by atoms with Crippen LogP contribution in [0.3, 0.4) is 0 Å². The second kappa shape index (κ2) is 7.74. The SMILES string of the molecule is CC1(C)CC(=O)c2cc(C(=O)NCCc3ccc(-n4cccn4)cc3)c(=O)[nH]c2C1. The van der Waals surface area contributed by atoms with Gasteiger partial charge in [-0.1, -0.05) is 26.0 Å². The van der Waals surface area contributed by atoms with E-state index in [1.165, 1.54) is 6.07 Å². The van der Waals surface area contributed by atoms with Gasteiger partial charge in [-0.15, -0.1) is 0 Å². The number of hydrogen-bond donors (Lipinski definition) is 2. The summed E-state index contributed by atoms with van der Waals surface area (Å²) in [6, 6.07) is 11.2. The lowest BCUT2D eigenvalue weighted by Crippen LogP contribution is -2.35. The summed E-state index contributed by atoms with van der Waals surface area (Å²) in [4.78, 5) is 40.1. The van der Waals surface area contributed by atoms with E-state index in [2.05, 4.69) is 15.4 Å². The van der Waals surface area contributed by atoms with Crippen LogP contribution in [0, 0.1) is 5.41 Å². The van der Waals surface area contributed by atoms with E-state index >= 15 is 0 Å². The molecule has 0 saturated heterocycles. The highest BCUT2D eigenvalue weighted by molar-refractivity contribution is 6.02. The van der Waals surface area contributed by atoms with Gasteiger partial charge >= 0.3 is 0 Å². The van der Waals surface area contributed by atoms with Crippen molar-refractivity contribution >= 4 is 11.7 Å². The summed E-state index contributed by atoms with van der Waals surface area (Å²) in [5.41, 5.74) is 2.42. The normalized spacial score (nSPS) is 14.9. The quantitative estimate of drug-likeness (QED) is 0.683. The Morgan fingerprint density at radius 2 is 1.97 bits per heavy atom. The number of Topliss-reactive ketones (excluding diaryl/α,β-unsaturated/α-hetero) is 1. The largest absolute Gasteiger partial charge is 0.352 e. The highest BCUT2D eigenvalue weighted by Gasteiger charge is 2.32. The predicted octanol–water partition coefficient (Wildman–Crippen LogP) is 2.69. The smallest absolute Gasteiger partial charge is 0.261 e. The van der Waals surface area contributed by atoms with Gasteiger partial charge in [0.05, 0.1) is 5.69 Å². The molecule has 2 aromatic heterocycles. The van der Waals surface area contributed by atoms with Crippen LogP contribution in [-0.4, -0.2) is 33.0 Å². The van der Waals surface area contributed by atoms with Gasteiger partial charge in [0, 0.05) is 36.6 Å². The molecule has 0 saturated carbocycles. The molecule has 1 aromatic carbocycles. The zero-order chi connectivity index (χ0) is 21.3. The lowest BCUT2D eigenvalue weighted by molar-refractivity contribution is 0.0910. The maximum Gasteiger partial charge on any atom is 0.261 e. The first-order chi connectivity index (χ1) is 14.3. The molecule has 2 heterocycles. The van der Waals surface area contributed by atoms with Gasteiger partial charge in [0.25, 0.3) is 11.5 Å². The van der Waals surface area contributed by atoms with Crippen molar-refractivity contribution in [1.82, 2.24) is 20.1 Å². The molecule has 0 radical (unpaired) electrons. The molecule has 1 aliphatic rings. The Labute approximate surface area is 174 Å². The molecule has 7 heteroatoms. The number of H-pyrrole nitrogens is 1. The van der Waals surface area contributed by atoms with Crippen molar-refractivity contribution in [3.05, 3.63) is 81.5 Å². The Hall–Kier alpha value is -3.48. The van der Waals surface area contributed by atoms with Gasteiger partial charge in [-0.3, -0.25) is 14.4 Å². The lowest BCUT2D eigenvalue weighted by Gasteiger charge is -2.29. The Balaban J connectivity index is 1.40. The van der Waals surface area contributed by atoms with E-state index in [0.29, 0.717) is 37.1 Å². The van der Waals surface area contributed by atoms with E-state index in [9.17, 15) is 14.4 Å². The molecule has 30 heavy (non-hydrogen) atoms. The standard InChI is InChI=1S/C23H24N4O3/c1-23(2)13-19-17(20(28)14-23)12-18(22(30)26-19)21(29)24-10-8-15-4-6-16(7-5-15)27-11-3-9-25-27/h3-7,9,11-12H,8,10,13-14H2,1-2H3,(H,24,29)(H,26,30). The molecule has 0 unspecified atom stereocenters. The number of ketones is 1. The average Bonchev–Trinajstić information content (AvgIpc) is 3.22. The Morgan fingerprint density at radius 3 is 2.67 bits per heavy atom. The molecule has 1 aliphatic carbocycles. The minimum absolute atomic E-state index is 0.0177. The summed E-state index contributed by atoms with van der Waals surface area (Å²) in [7, 11) is 0. The number of carbonyl (C=O) groups excluding carboxylic acids is 2. The molecule has 0 spiro atoms. The molecule has 3 aromatic rings. The van der Waals surface area contributed by atoms with Gasteiger partial charge in [-0.05, 0) is 48.1 Å². The number of benzene rings is 1. The lowest BCUT2D eigenvalue weighted by atomic mass is 9.75. The number of amides is 1. The number of nitrogens with zero attached hydrogens (tertiary/aromatic N) is 2. The van der Waals surface area contributed by atoms with Gasteiger partial charge in [0.2, 0.25) is 0 Å². The third-order valence-corrected chi connectivity index (χ3v) is 5.37. The fourth-order valence-corrected chi connectivity index (χ4v) is 3.85. The summed E-state index contributed by atoms with van der Waals surface area (Å²) >= 11 is 0. The molecular formula is C23H24N4O3. The van der Waals surface area contributed by atoms with E-state index in [1.54, 1.807) is 10.9 Å². The van der Waals surface area contributed by atoms with Gasteiger partial charge in [0.1, 0.15) is 5.56 Å². The van der Waals surface area contributed by atoms with Crippen molar-refractivity contribution in [3.63, 3.8) is 0 Å². The third-order valence-electron chi connectivity index (χ3n) is 5.37. The Kier molecular flexibility index (Phi) is 5.11. The van der Waals surface area contributed by atoms with Crippen molar-refractivity contribution in [3.8, 4) is 5.69 Å². The monoisotopic (exact) mass is 404 g/mol. The number of pyridine rings is 1. The zero-order valence-electron chi connectivity index (χ0n) is 17.1. The first-order valence-electron chi connectivity index (χ1n) is 9.99. The number of nitrogens with one attached hydrogen (secondary N) is 2. The van der Waals surface area contributed by atoms with Crippen LogP contribution in [0.5, 0.6) is 0 Å². The summed E-state index contributed by atoms with van der Waals surface area (Å²) in [6.07, 6.45) is 5.24. The molecule has 154 valence electrons. The van der Waals surface area contributed by atoms with E-state index in [0.717, 1.165) is 11.3 Å². The summed E-state index contributed by atoms with van der Waals surface area (Å²) < 4.78 is 1.77. The van der Waals surface area contributed by atoms with Crippen molar-refractivity contribution in [1.29, 1.82) is 0 Å². The van der Waals surface area contributed by atoms with Gasteiger partial charge in [-0.25, -0.2) is 4.68 Å². The Bertz CT molecular complexity index is 1140. The van der Waals surface area contributed by atoms with Crippen molar-refractivity contribution in [2.45, 2.75) is 33.1 Å². The fraction of sp³-hybridized carbons (Fsp3) is 0.304. The molecule has 0 bridgehead atoms. The van der Waals surface area contributed by atoms with Crippen LogP contribution in [-0.2, 0) is 12.8 Å². The maximum absolute atomic E-state index is 12.5. The topological polar surface area (TPSA) is 96.8 Å². The molecule has 0 atom stereocenters. The number of rotatable bonds is 5. The number of carbonyl (C=O) groups is 2. The maximum atomic E-state index is 12.5. The molecule has 4 rings (SSSR count). The Morgan fingerprint density at radius 1 is 1.20 bits per heavy atom. The average molecular weight is 404 g/mol. The first kappa shape index (κ1) is 19.8. The van der Waals surface area contributed by atoms with E-state index in [4.69, 9.17) is 0 Å². The van der Waals surface area contributed by atoms with E-state index < -0.39 is 11.5 Å². The highest BCUT2D eigenvalue weighted by atomic mass is 16.2. The first-order valence-corrected chi connectivity index (χ1v) is 9.99. The molecule has 7 nitrogen and oxygen atoms in total. The molecular weight excluding hydrogens is 380 g/mol. The number of aromatic amines is 1. The van der Waals surface area contributed by atoms with Crippen LogP contribution < -0.4 is 10.9 Å². The van der Waals surface area contributed by atoms with Crippen LogP contribution in [0.1, 0.15) is 52.2 Å². The van der Waals surface area contributed by atoms with Crippen LogP contribution >= 0.6 is 0 Å². The van der Waals surface area contributed by atoms with Crippen molar-refractivity contribution in [2.75, 3.05) is 6.54 Å². The molecule has 0 aliphatic heterocycles. The van der Waals surface area contributed by atoms with E-state index in [-0.39, 0.29) is 16.8 Å². The van der Waals surface area contributed by atoms with E-state index in [1.807, 2.05) is 50.4 Å². The predicted molar refractivity (Wildman–Crippen MR) is 113 cm³/mol. The summed E-state index contributed by atoms with van der Waals surface area (Å²) in [6.45, 7) is 4.38. The highest BCUT2D eigenvalue weighted by Crippen LogP contribution is 2.33. The number of fused-ring (bicyclic) bond motifs is 1. The van der Waals surface area contributed by atoms with Crippen LogP contribution in [0.2, 0.25) is 0 Å². The van der Waals surface area contributed by atoms with Gasteiger partial charge in [-0.2, -0.15) is 5.10 Å². The second-order valence-corrected chi connectivity index (χ2v) is 8.47. The van der Waals surface area contributed by atoms with Crippen molar-refractivity contribution in [2.24, 2.45) is 5.41 Å². The molecule has 0 fully saturated rings. The number of hydrogen-bond acceptors (Lipinski definition) is 4.